The van der Waals surface area contributed by atoms with Gasteiger partial charge in [0.1, 0.15) is 41.1 Å². The summed E-state index contributed by atoms with van der Waals surface area (Å²) in [6.07, 6.45) is -0.476. The molecule has 0 aliphatic carbocycles. The van der Waals surface area contributed by atoms with Crippen LogP contribution in [0.2, 0.25) is 0 Å². The zero-order valence-electron chi connectivity index (χ0n) is 37.9. The molecule has 13 nitrogen and oxygen atoms in total. The van der Waals surface area contributed by atoms with E-state index in [0.29, 0.717) is 16.9 Å². The Kier molecular flexibility index (Phi) is 17.0. The fourth-order valence-corrected chi connectivity index (χ4v) is 7.12. The fraction of sp³-hybridized carbons (Fsp3) is 0.346. The third-order valence-corrected chi connectivity index (χ3v) is 10.1. The van der Waals surface area contributed by atoms with Gasteiger partial charge in [0.05, 0.1) is 6.42 Å². The maximum absolute atomic E-state index is 14.5. The van der Waals surface area contributed by atoms with Gasteiger partial charge in [0, 0.05) is 25.7 Å². The molecule has 0 saturated heterocycles. The number of hydrogen-bond donors (Lipinski definition) is 5. The van der Waals surface area contributed by atoms with Crippen LogP contribution in [0.5, 0.6) is 5.75 Å². The van der Waals surface area contributed by atoms with Crippen LogP contribution in [0.25, 0.3) is 10.8 Å². The molecule has 4 unspecified atom stereocenters. The van der Waals surface area contributed by atoms with Gasteiger partial charge in [-0.1, -0.05) is 115 Å². The van der Waals surface area contributed by atoms with E-state index in [1.165, 1.54) is 0 Å². The lowest BCUT2D eigenvalue weighted by Gasteiger charge is -2.27. The van der Waals surface area contributed by atoms with Crippen molar-refractivity contribution in [2.75, 3.05) is 0 Å². The molecule has 0 radical (unpaired) electrons. The van der Waals surface area contributed by atoms with Gasteiger partial charge < -0.3 is 35.8 Å². The molecule has 65 heavy (non-hydrogen) atoms. The Balaban J connectivity index is 1.40. The molecule has 5 rings (SSSR count). The summed E-state index contributed by atoms with van der Waals surface area (Å²) in [7, 11) is 0. The van der Waals surface area contributed by atoms with Crippen LogP contribution in [0.4, 0.5) is 0 Å². The minimum Gasteiger partial charge on any atom is -0.488 e. The zero-order valence-corrected chi connectivity index (χ0v) is 37.9. The van der Waals surface area contributed by atoms with Gasteiger partial charge in [-0.3, -0.25) is 24.0 Å². The Morgan fingerprint density at radius 1 is 0.508 bits per heavy atom. The second-order valence-corrected chi connectivity index (χ2v) is 18.1. The van der Waals surface area contributed by atoms with E-state index in [-0.39, 0.29) is 38.5 Å². The van der Waals surface area contributed by atoms with Crippen LogP contribution in [-0.4, -0.2) is 76.0 Å². The average molecular weight is 885 g/mol. The normalized spacial score (nSPS) is 13.3. The Morgan fingerprint density at radius 3 is 1.45 bits per heavy atom. The monoisotopic (exact) mass is 884 g/mol. The van der Waals surface area contributed by atoms with Crippen LogP contribution in [-0.2, 0) is 59.2 Å². The van der Waals surface area contributed by atoms with Crippen LogP contribution in [0.3, 0.4) is 0 Å². The van der Waals surface area contributed by atoms with Crippen molar-refractivity contribution >= 4 is 46.3 Å². The minimum absolute atomic E-state index is 0.00649. The molecule has 342 valence electrons. The highest BCUT2D eigenvalue weighted by Crippen LogP contribution is 2.20. The first-order valence-electron chi connectivity index (χ1n) is 21.8. The molecule has 4 atom stereocenters. The second kappa shape index (κ2) is 22.6. The molecule has 0 spiro atoms. The van der Waals surface area contributed by atoms with E-state index in [9.17, 15) is 33.9 Å². The second-order valence-electron chi connectivity index (χ2n) is 18.1. The molecule has 4 amide bonds. The summed E-state index contributed by atoms with van der Waals surface area (Å²) in [4.78, 5) is 81.6. The summed E-state index contributed by atoms with van der Waals surface area (Å²) in [5, 5.41) is 23.2. The van der Waals surface area contributed by atoms with E-state index >= 15 is 0 Å². The maximum Gasteiger partial charge on any atom is 0.326 e. The highest BCUT2D eigenvalue weighted by molar-refractivity contribution is 5.96. The number of carboxylic acids is 1. The molecule has 0 bridgehead atoms. The Hall–Kier alpha value is -7.02. The van der Waals surface area contributed by atoms with Crippen LogP contribution in [0.1, 0.15) is 76.6 Å². The van der Waals surface area contributed by atoms with E-state index < -0.39 is 70.9 Å². The summed E-state index contributed by atoms with van der Waals surface area (Å²) in [5.41, 5.74) is 1.60. The SMILES string of the molecule is CC(C)(C)OC(=O)CCC(NC(=O)C(Cc1ccc(OC(C)(C)C)cc1)NC(=O)C(Cc1ccccc1)NC(=O)C(Cc1ccccc1)NC(=O)Cc1ccc2ccccc2c1)C(=O)O. The van der Waals surface area contributed by atoms with E-state index in [2.05, 4.69) is 21.3 Å². The van der Waals surface area contributed by atoms with Gasteiger partial charge in [-0.05, 0) is 93.1 Å². The van der Waals surface area contributed by atoms with E-state index in [1.807, 2.05) is 99.6 Å². The molecular weight excluding hydrogens is 825 g/mol. The Labute approximate surface area is 380 Å². The number of amides is 4. The number of nitrogens with one attached hydrogen (secondary N) is 4. The predicted molar refractivity (Wildman–Crippen MR) is 249 cm³/mol. The number of carbonyl (C=O) groups is 6. The predicted octanol–water partition coefficient (Wildman–Crippen LogP) is 6.43. The van der Waals surface area contributed by atoms with Gasteiger partial charge in [0.15, 0.2) is 0 Å². The van der Waals surface area contributed by atoms with Gasteiger partial charge in [-0.15, -0.1) is 0 Å². The summed E-state index contributed by atoms with van der Waals surface area (Å²) in [5.74, 6) is -3.99. The largest absolute Gasteiger partial charge is 0.488 e. The first-order valence-corrected chi connectivity index (χ1v) is 21.8. The smallest absolute Gasteiger partial charge is 0.326 e. The van der Waals surface area contributed by atoms with Gasteiger partial charge >= 0.3 is 11.9 Å². The van der Waals surface area contributed by atoms with E-state index in [4.69, 9.17) is 9.47 Å². The maximum atomic E-state index is 14.5. The quantitative estimate of drug-likeness (QED) is 0.0549. The van der Waals surface area contributed by atoms with Crippen molar-refractivity contribution in [3.8, 4) is 5.75 Å². The first kappa shape index (κ1) is 49.0. The number of aliphatic carboxylic acids is 1. The average Bonchev–Trinajstić information content (AvgIpc) is 3.24. The van der Waals surface area contributed by atoms with E-state index in [1.54, 1.807) is 69.3 Å². The minimum atomic E-state index is -1.49. The summed E-state index contributed by atoms with van der Waals surface area (Å²) in [6, 6.07) is 33.5. The summed E-state index contributed by atoms with van der Waals surface area (Å²) in [6.45, 7) is 10.8. The molecule has 0 heterocycles. The number of fused-ring (bicyclic) bond motifs is 1. The fourth-order valence-electron chi connectivity index (χ4n) is 7.12. The van der Waals surface area contributed by atoms with Crippen molar-refractivity contribution in [2.45, 2.75) is 115 Å². The highest BCUT2D eigenvalue weighted by atomic mass is 16.6. The lowest BCUT2D eigenvalue weighted by Crippen LogP contribution is -2.59. The molecule has 0 aliphatic rings. The molecule has 0 saturated carbocycles. The molecule has 5 N–H and O–H groups in total. The third-order valence-electron chi connectivity index (χ3n) is 10.1. The number of benzene rings is 5. The molecule has 5 aromatic carbocycles. The number of carbonyl (C=O) groups excluding carboxylic acids is 5. The van der Waals surface area contributed by atoms with Crippen molar-refractivity contribution in [1.82, 2.24) is 21.3 Å². The lowest BCUT2D eigenvalue weighted by atomic mass is 10.0. The topological polar surface area (TPSA) is 189 Å². The molecule has 5 aromatic rings. The van der Waals surface area contributed by atoms with Crippen molar-refractivity contribution in [3.63, 3.8) is 0 Å². The molecule has 13 heteroatoms. The lowest BCUT2D eigenvalue weighted by molar-refractivity contribution is -0.155. The van der Waals surface area contributed by atoms with Gasteiger partial charge in [-0.2, -0.15) is 0 Å². The van der Waals surface area contributed by atoms with Crippen LogP contribution in [0.15, 0.2) is 127 Å². The number of carboxylic acid groups (broad SMARTS) is 1. The van der Waals surface area contributed by atoms with Crippen molar-refractivity contribution in [1.29, 1.82) is 0 Å². The highest BCUT2D eigenvalue weighted by Gasteiger charge is 2.32. The van der Waals surface area contributed by atoms with Gasteiger partial charge in [0.25, 0.3) is 0 Å². The van der Waals surface area contributed by atoms with Crippen molar-refractivity contribution < 1.29 is 43.3 Å². The summed E-state index contributed by atoms with van der Waals surface area (Å²) >= 11 is 0. The van der Waals surface area contributed by atoms with Crippen LogP contribution in [0, 0.1) is 0 Å². The van der Waals surface area contributed by atoms with Crippen molar-refractivity contribution in [3.05, 3.63) is 150 Å². The van der Waals surface area contributed by atoms with Gasteiger partial charge in [-0.25, -0.2) is 4.79 Å². The Morgan fingerprint density at radius 2 is 0.954 bits per heavy atom. The van der Waals surface area contributed by atoms with Crippen LogP contribution < -0.4 is 26.0 Å². The standard InChI is InChI=1S/C52H60N4O9/c1-51(2,3)64-40-25-22-36(23-26-40)32-44(48(60)54-41(50(62)63)27-28-46(58)65-52(4,5)6)56-49(61)43(31-35-17-11-8-12-18-35)55-47(59)42(30-34-15-9-7-10-16-34)53-45(57)33-37-21-24-38-19-13-14-20-39(38)29-37/h7-26,29,41-44H,27-28,30-33H2,1-6H3,(H,53,57)(H,54,60)(H,55,59)(H,56,61)(H,62,63). The number of esters is 1. The third kappa shape index (κ3) is 16.6. The molecule has 0 fully saturated rings. The molecule has 0 aliphatic heterocycles. The zero-order chi connectivity index (χ0) is 47.1. The van der Waals surface area contributed by atoms with Gasteiger partial charge in [0.2, 0.25) is 23.6 Å². The molecule has 0 aromatic heterocycles. The number of ether oxygens (including phenoxy) is 2. The Bertz CT molecular complexity index is 2410. The van der Waals surface area contributed by atoms with Crippen molar-refractivity contribution in [2.24, 2.45) is 0 Å². The van der Waals surface area contributed by atoms with E-state index in [0.717, 1.165) is 21.9 Å². The first-order chi connectivity index (χ1) is 30.8. The van der Waals surface area contributed by atoms with Crippen LogP contribution >= 0.6 is 0 Å². The number of rotatable bonds is 20. The summed E-state index contributed by atoms with van der Waals surface area (Å²) < 4.78 is 11.3. The number of hydrogen-bond acceptors (Lipinski definition) is 8. The molecular formula is C52H60N4O9.